The van der Waals surface area contributed by atoms with Crippen molar-refractivity contribution in [1.82, 2.24) is 10.9 Å². The highest BCUT2D eigenvalue weighted by Crippen LogP contribution is 2.26. The number of carbonyl (C=O) groups excluding carboxylic acids is 2. The third-order valence-corrected chi connectivity index (χ3v) is 4.21. The summed E-state index contributed by atoms with van der Waals surface area (Å²) in [4.78, 5) is 26.3. The molecule has 1 aliphatic heterocycles. The number of fused-ring (bicyclic) bond motifs is 1. The van der Waals surface area contributed by atoms with Crippen LogP contribution in [0.5, 0.6) is 5.75 Å². The lowest BCUT2D eigenvalue weighted by molar-refractivity contribution is -0.120. The minimum absolute atomic E-state index is 0.208. The highest BCUT2D eigenvalue weighted by molar-refractivity contribution is 5.95. The molecule has 6 heteroatoms. The first-order valence-corrected chi connectivity index (χ1v) is 8.23. The Hall–Kier alpha value is -3.02. The van der Waals surface area contributed by atoms with Crippen molar-refractivity contribution < 1.29 is 14.3 Å². The van der Waals surface area contributed by atoms with E-state index in [1.54, 1.807) is 31.4 Å². The van der Waals surface area contributed by atoms with Crippen LogP contribution in [0.4, 0.5) is 5.69 Å². The van der Waals surface area contributed by atoms with Gasteiger partial charge in [0.1, 0.15) is 5.75 Å². The number of hydrogen-bond donors (Lipinski definition) is 2. The number of rotatable bonds is 4. The number of ether oxygens (including phenoxy) is 1. The van der Waals surface area contributed by atoms with Crippen molar-refractivity contribution in [3.05, 3.63) is 59.7 Å². The first-order valence-electron chi connectivity index (χ1n) is 8.23. The zero-order valence-electron chi connectivity index (χ0n) is 14.1. The molecular formula is C19H21N3O3. The quantitative estimate of drug-likeness (QED) is 0.835. The maximum atomic E-state index is 12.2. The van der Waals surface area contributed by atoms with Gasteiger partial charge in [-0.3, -0.25) is 20.4 Å². The molecule has 0 unspecified atom stereocenters. The van der Waals surface area contributed by atoms with E-state index in [1.807, 2.05) is 23.1 Å². The molecule has 1 heterocycles. The second-order valence-electron chi connectivity index (χ2n) is 5.88. The van der Waals surface area contributed by atoms with Crippen LogP contribution in [0.1, 0.15) is 22.3 Å². The van der Waals surface area contributed by atoms with Gasteiger partial charge in [-0.05, 0) is 48.7 Å². The average Bonchev–Trinajstić information content (AvgIpc) is 2.66. The van der Waals surface area contributed by atoms with Crippen molar-refractivity contribution in [2.75, 3.05) is 25.1 Å². The number of carbonyl (C=O) groups is 2. The van der Waals surface area contributed by atoms with Crippen LogP contribution in [0.2, 0.25) is 0 Å². The topological polar surface area (TPSA) is 70.7 Å². The van der Waals surface area contributed by atoms with Gasteiger partial charge >= 0.3 is 0 Å². The van der Waals surface area contributed by atoms with Gasteiger partial charge in [0, 0.05) is 17.8 Å². The first kappa shape index (κ1) is 16.8. The van der Waals surface area contributed by atoms with Crippen LogP contribution in [0, 0.1) is 0 Å². The lowest BCUT2D eigenvalue weighted by Crippen LogP contribution is -2.47. The van der Waals surface area contributed by atoms with Gasteiger partial charge in [-0.1, -0.05) is 18.2 Å². The predicted molar refractivity (Wildman–Crippen MR) is 95.6 cm³/mol. The largest absolute Gasteiger partial charge is 0.497 e. The molecule has 130 valence electrons. The fraction of sp³-hybridized carbons (Fsp3) is 0.263. The maximum absolute atomic E-state index is 12.2. The number of methoxy groups -OCH3 is 1. The molecule has 0 aliphatic carbocycles. The highest BCUT2D eigenvalue weighted by atomic mass is 16.5. The molecule has 3 rings (SSSR count). The molecule has 2 N–H and O–H groups in total. The molecule has 25 heavy (non-hydrogen) atoms. The SMILES string of the molecule is COc1ccc(C(=O)NNC(=O)CN2CCCc3ccccc32)cc1. The molecule has 0 radical (unpaired) electrons. The standard InChI is InChI=1S/C19H21N3O3/c1-25-16-10-8-15(9-11-16)19(24)21-20-18(23)13-22-12-4-6-14-5-2-3-7-17(14)22/h2-3,5,7-11H,4,6,12-13H2,1H3,(H,20,23)(H,21,24). The van der Waals surface area contributed by atoms with Crippen LogP contribution in [0.15, 0.2) is 48.5 Å². The van der Waals surface area contributed by atoms with E-state index in [4.69, 9.17) is 4.74 Å². The third kappa shape index (κ3) is 4.09. The summed E-state index contributed by atoms with van der Waals surface area (Å²) in [5.41, 5.74) is 7.71. The molecule has 6 nitrogen and oxygen atoms in total. The average molecular weight is 339 g/mol. The molecule has 0 saturated heterocycles. The number of para-hydroxylation sites is 1. The van der Waals surface area contributed by atoms with E-state index in [1.165, 1.54) is 5.56 Å². The fourth-order valence-electron chi connectivity index (χ4n) is 2.93. The van der Waals surface area contributed by atoms with Gasteiger partial charge in [0.2, 0.25) is 0 Å². The van der Waals surface area contributed by atoms with E-state index < -0.39 is 0 Å². The Balaban J connectivity index is 1.54. The summed E-state index contributed by atoms with van der Waals surface area (Å²) in [7, 11) is 1.56. The number of nitrogens with one attached hydrogen (secondary N) is 2. The molecule has 0 atom stereocenters. The van der Waals surface area contributed by atoms with E-state index in [-0.39, 0.29) is 18.4 Å². The Morgan fingerprint density at radius 3 is 2.60 bits per heavy atom. The predicted octanol–water partition coefficient (Wildman–Crippen LogP) is 1.91. The summed E-state index contributed by atoms with van der Waals surface area (Å²) in [6, 6.07) is 14.8. The van der Waals surface area contributed by atoms with Gasteiger partial charge in [0.25, 0.3) is 11.8 Å². The van der Waals surface area contributed by atoms with Gasteiger partial charge in [-0.15, -0.1) is 0 Å². The molecule has 2 amide bonds. The number of amides is 2. The van der Waals surface area contributed by atoms with E-state index in [9.17, 15) is 9.59 Å². The van der Waals surface area contributed by atoms with Crippen molar-refractivity contribution in [3.8, 4) is 5.75 Å². The summed E-state index contributed by atoms with van der Waals surface area (Å²) in [5.74, 6) is 0.0537. The van der Waals surface area contributed by atoms with Crippen LogP contribution in [0.25, 0.3) is 0 Å². The fourth-order valence-corrected chi connectivity index (χ4v) is 2.93. The Morgan fingerprint density at radius 2 is 1.84 bits per heavy atom. The van der Waals surface area contributed by atoms with Crippen LogP contribution >= 0.6 is 0 Å². The second kappa shape index (κ2) is 7.70. The van der Waals surface area contributed by atoms with Crippen molar-refractivity contribution in [1.29, 1.82) is 0 Å². The second-order valence-corrected chi connectivity index (χ2v) is 5.88. The van der Waals surface area contributed by atoms with Crippen molar-refractivity contribution in [3.63, 3.8) is 0 Å². The normalized spacial score (nSPS) is 12.9. The summed E-state index contributed by atoms with van der Waals surface area (Å²) in [6.45, 7) is 1.04. The molecule has 2 aromatic rings. The van der Waals surface area contributed by atoms with Gasteiger partial charge < -0.3 is 9.64 Å². The molecule has 0 bridgehead atoms. The Morgan fingerprint density at radius 1 is 1.08 bits per heavy atom. The number of hydrazine groups is 1. The Kier molecular flexibility index (Phi) is 5.18. The smallest absolute Gasteiger partial charge is 0.269 e. The summed E-state index contributed by atoms with van der Waals surface area (Å²) >= 11 is 0. The Bertz CT molecular complexity index is 759. The highest BCUT2D eigenvalue weighted by Gasteiger charge is 2.18. The lowest BCUT2D eigenvalue weighted by atomic mass is 10.0. The van der Waals surface area contributed by atoms with Crippen molar-refractivity contribution in [2.24, 2.45) is 0 Å². The van der Waals surface area contributed by atoms with Crippen LogP contribution in [-0.2, 0) is 11.2 Å². The monoisotopic (exact) mass is 339 g/mol. The van der Waals surface area contributed by atoms with Crippen LogP contribution in [-0.4, -0.2) is 32.0 Å². The minimum atomic E-state index is -0.366. The third-order valence-electron chi connectivity index (χ3n) is 4.21. The number of aryl methyl sites for hydroxylation is 1. The zero-order valence-corrected chi connectivity index (χ0v) is 14.1. The van der Waals surface area contributed by atoms with Gasteiger partial charge in [0.15, 0.2) is 0 Å². The molecule has 0 fully saturated rings. The molecular weight excluding hydrogens is 318 g/mol. The van der Waals surface area contributed by atoms with E-state index in [0.717, 1.165) is 25.1 Å². The van der Waals surface area contributed by atoms with Gasteiger partial charge in [-0.2, -0.15) is 0 Å². The lowest BCUT2D eigenvalue weighted by Gasteiger charge is -2.30. The van der Waals surface area contributed by atoms with E-state index >= 15 is 0 Å². The minimum Gasteiger partial charge on any atom is -0.497 e. The van der Waals surface area contributed by atoms with Crippen molar-refractivity contribution in [2.45, 2.75) is 12.8 Å². The molecule has 2 aromatic carbocycles. The summed E-state index contributed by atoms with van der Waals surface area (Å²) in [6.07, 6.45) is 2.05. The van der Waals surface area contributed by atoms with Gasteiger partial charge in [0.05, 0.1) is 13.7 Å². The van der Waals surface area contributed by atoms with Crippen LogP contribution < -0.4 is 20.5 Å². The zero-order chi connectivity index (χ0) is 17.6. The molecule has 0 saturated carbocycles. The Labute approximate surface area is 146 Å². The molecule has 1 aliphatic rings. The van der Waals surface area contributed by atoms with Crippen LogP contribution in [0.3, 0.4) is 0 Å². The van der Waals surface area contributed by atoms with E-state index in [0.29, 0.717) is 11.3 Å². The maximum Gasteiger partial charge on any atom is 0.269 e. The number of benzene rings is 2. The summed E-state index contributed by atoms with van der Waals surface area (Å²) in [5, 5.41) is 0. The van der Waals surface area contributed by atoms with Gasteiger partial charge in [-0.25, -0.2) is 0 Å². The molecule has 0 aromatic heterocycles. The number of hydrogen-bond acceptors (Lipinski definition) is 4. The summed E-state index contributed by atoms with van der Waals surface area (Å²) < 4.78 is 5.05. The van der Waals surface area contributed by atoms with Crippen molar-refractivity contribution >= 4 is 17.5 Å². The number of nitrogens with zero attached hydrogens (tertiary/aromatic N) is 1. The first-order chi connectivity index (χ1) is 12.2. The number of anilines is 1. The molecule has 0 spiro atoms. The van der Waals surface area contributed by atoms with E-state index in [2.05, 4.69) is 16.9 Å².